The lowest BCUT2D eigenvalue weighted by Crippen LogP contribution is -2.34. The molecule has 21 heavy (non-hydrogen) atoms. The molecule has 1 aliphatic heterocycles. The van der Waals surface area contributed by atoms with Crippen molar-refractivity contribution in [2.75, 3.05) is 26.7 Å². The van der Waals surface area contributed by atoms with Crippen molar-refractivity contribution in [1.29, 1.82) is 0 Å². The van der Waals surface area contributed by atoms with E-state index in [0.717, 1.165) is 18.9 Å². The van der Waals surface area contributed by atoms with Gasteiger partial charge in [0.05, 0.1) is 0 Å². The molecule has 0 bridgehead atoms. The average Bonchev–Trinajstić information content (AvgIpc) is 2.47. The van der Waals surface area contributed by atoms with E-state index in [-0.39, 0.29) is 16.3 Å². The molecular formula is C19H38N2. The number of hydrogen-bond acceptors (Lipinski definition) is 2. The molecule has 0 aromatic heterocycles. The van der Waals surface area contributed by atoms with Crippen LogP contribution in [0.4, 0.5) is 0 Å². The predicted molar refractivity (Wildman–Crippen MR) is 97.9 cm³/mol. The molecule has 0 unspecified atom stereocenters. The van der Waals surface area contributed by atoms with Crippen molar-refractivity contribution in [3.05, 3.63) is 35.4 Å². The van der Waals surface area contributed by atoms with Crippen molar-refractivity contribution in [2.24, 2.45) is 5.92 Å². The van der Waals surface area contributed by atoms with E-state index in [1.807, 2.05) is 0 Å². The van der Waals surface area contributed by atoms with Gasteiger partial charge in [0.1, 0.15) is 0 Å². The predicted octanol–water partition coefficient (Wildman–Crippen LogP) is 4.59. The van der Waals surface area contributed by atoms with E-state index in [9.17, 15) is 0 Å². The average molecular weight is 295 g/mol. The minimum Gasteiger partial charge on any atom is -0.320 e. The molecule has 0 aliphatic carbocycles. The van der Waals surface area contributed by atoms with Crippen LogP contribution < -0.4 is 5.32 Å². The summed E-state index contributed by atoms with van der Waals surface area (Å²) in [6.45, 7) is 7.05. The standard InChI is InChI=1S/C17H28N2.2CH4.H2/c1-3-15-4-6-17(7-5-15)14-19-12-9-16(10-13-19)8-11-18-2;;;/h4-7,16,18H,3,8-14H2,1-2H3;2*1H4;1H. The lowest BCUT2D eigenvalue weighted by atomic mass is 9.93. The summed E-state index contributed by atoms with van der Waals surface area (Å²) in [5.74, 6) is 0.936. The summed E-state index contributed by atoms with van der Waals surface area (Å²) in [7, 11) is 2.05. The van der Waals surface area contributed by atoms with Crippen molar-refractivity contribution in [3.63, 3.8) is 0 Å². The van der Waals surface area contributed by atoms with Crippen molar-refractivity contribution in [2.45, 2.75) is 54.0 Å². The first kappa shape index (κ1) is 20.1. The monoisotopic (exact) mass is 294 g/mol. The van der Waals surface area contributed by atoms with Gasteiger partial charge in [-0.05, 0) is 69.4 Å². The third kappa shape index (κ3) is 6.62. The lowest BCUT2D eigenvalue weighted by Gasteiger charge is -2.32. The Labute approximate surface area is 134 Å². The fraction of sp³-hybridized carbons (Fsp3) is 0.684. The molecule has 2 nitrogen and oxygen atoms in total. The first-order valence-electron chi connectivity index (χ1n) is 7.76. The van der Waals surface area contributed by atoms with Gasteiger partial charge >= 0.3 is 0 Å². The SMILES string of the molecule is C.C.CCc1ccc(CN2CCC(CCNC)CC2)cc1.[HH]. The molecule has 1 aromatic rings. The number of aryl methyl sites for hydroxylation is 1. The molecule has 1 aliphatic rings. The number of rotatable bonds is 6. The van der Waals surface area contributed by atoms with E-state index in [2.05, 4.69) is 48.5 Å². The zero-order valence-corrected chi connectivity index (χ0v) is 12.5. The highest BCUT2D eigenvalue weighted by Gasteiger charge is 2.18. The Bertz CT molecular complexity index is 356. The zero-order chi connectivity index (χ0) is 13.5. The molecule has 1 aromatic carbocycles. The van der Waals surface area contributed by atoms with Gasteiger partial charge < -0.3 is 5.32 Å². The van der Waals surface area contributed by atoms with E-state index in [1.54, 1.807) is 0 Å². The van der Waals surface area contributed by atoms with Crippen molar-refractivity contribution in [3.8, 4) is 0 Å². The molecule has 1 fully saturated rings. The van der Waals surface area contributed by atoms with Crippen LogP contribution in [-0.2, 0) is 13.0 Å². The Hall–Kier alpha value is -0.860. The summed E-state index contributed by atoms with van der Waals surface area (Å²) < 4.78 is 0. The molecule has 1 saturated heterocycles. The van der Waals surface area contributed by atoms with E-state index in [1.165, 1.54) is 50.0 Å². The fourth-order valence-corrected chi connectivity index (χ4v) is 2.92. The van der Waals surface area contributed by atoms with Crippen LogP contribution in [0.3, 0.4) is 0 Å². The quantitative estimate of drug-likeness (QED) is 0.825. The smallest absolute Gasteiger partial charge is 0.0233 e. The molecule has 0 saturated carbocycles. The third-order valence-electron chi connectivity index (χ3n) is 4.35. The number of nitrogens with zero attached hydrogens (tertiary/aromatic N) is 1. The van der Waals surface area contributed by atoms with Gasteiger partial charge in [-0.15, -0.1) is 0 Å². The summed E-state index contributed by atoms with van der Waals surface area (Å²) in [5, 5.41) is 3.26. The van der Waals surface area contributed by atoms with Crippen LogP contribution in [0.2, 0.25) is 0 Å². The second kappa shape index (κ2) is 10.8. The maximum Gasteiger partial charge on any atom is 0.0233 e. The minimum absolute atomic E-state index is 0. The number of benzene rings is 1. The summed E-state index contributed by atoms with van der Waals surface area (Å²) in [4.78, 5) is 2.61. The molecule has 0 radical (unpaired) electrons. The Morgan fingerprint density at radius 1 is 1.10 bits per heavy atom. The summed E-state index contributed by atoms with van der Waals surface area (Å²) in [6, 6.07) is 9.14. The van der Waals surface area contributed by atoms with E-state index < -0.39 is 0 Å². The largest absolute Gasteiger partial charge is 0.320 e. The summed E-state index contributed by atoms with van der Waals surface area (Å²) >= 11 is 0. The van der Waals surface area contributed by atoms with Gasteiger partial charge in [0.2, 0.25) is 0 Å². The second-order valence-electron chi connectivity index (χ2n) is 5.78. The molecule has 1 heterocycles. The molecule has 2 rings (SSSR count). The van der Waals surface area contributed by atoms with Gasteiger partial charge in [-0.2, -0.15) is 0 Å². The summed E-state index contributed by atoms with van der Waals surface area (Å²) in [5.41, 5.74) is 2.90. The van der Waals surface area contributed by atoms with Gasteiger partial charge in [0.25, 0.3) is 0 Å². The van der Waals surface area contributed by atoms with Crippen LogP contribution in [0.5, 0.6) is 0 Å². The van der Waals surface area contributed by atoms with Crippen molar-refractivity contribution >= 4 is 0 Å². The maximum absolute atomic E-state index is 3.26. The fourth-order valence-electron chi connectivity index (χ4n) is 2.92. The van der Waals surface area contributed by atoms with E-state index in [4.69, 9.17) is 0 Å². The second-order valence-corrected chi connectivity index (χ2v) is 5.78. The highest BCUT2D eigenvalue weighted by Crippen LogP contribution is 2.21. The van der Waals surface area contributed by atoms with Crippen molar-refractivity contribution in [1.82, 2.24) is 10.2 Å². The topological polar surface area (TPSA) is 15.3 Å². The van der Waals surface area contributed by atoms with E-state index in [0.29, 0.717) is 0 Å². The number of piperidine rings is 1. The number of nitrogens with one attached hydrogen (secondary N) is 1. The molecule has 2 heteroatoms. The third-order valence-corrected chi connectivity index (χ3v) is 4.35. The first-order chi connectivity index (χ1) is 9.31. The number of likely N-dealkylation sites (tertiary alicyclic amines) is 1. The molecule has 0 amide bonds. The Morgan fingerprint density at radius 2 is 1.67 bits per heavy atom. The Morgan fingerprint density at radius 3 is 2.19 bits per heavy atom. The lowest BCUT2D eigenvalue weighted by molar-refractivity contribution is 0.172. The van der Waals surface area contributed by atoms with Gasteiger partial charge in [-0.3, -0.25) is 4.90 Å². The Kier molecular flexibility index (Phi) is 10.4. The van der Waals surface area contributed by atoms with Crippen LogP contribution in [0.15, 0.2) is 24.3 Å². The van der Waals surface area contributed by atoms with Gasteiger partial charge in [0.15, 0.2) is 0 Å². The van der Waals surface area contributed by atoms with Gasteiger partial charge in [-0.1, -0.05) is 46.0 Å². The van der Waals surface area contributed by atoms with Crippen LogP contribution in [0, 0.1) is 5.92 Å². The molecule has 0 spiro atoms. The molecule has 0 atom stereocenters. The first-order valence-corrected chi connectivity index (χ1v) is 7.76. The van der Waals surface area contributed by atoms with Crippen molar-refractivity contribution < 1.29 is 1.43 Å². The molecule has 124 valence electrons. The zero-order valence-electron chi connectivity index (χ0n) is 12.5. The molecule has 1 N–H and O–H groups in total. The molecular weight excluding hydrogens is 256 g/mol. The van der Waals surface area contributed by atoms with Crippen LogP contribution in [0.25, 0.3) is 0 Å². The Balaban J connectivity index is 0. The van der Waals surface area contributed by atoms with E-state index >= 15 is 0 Å². The maximum atomic E-state index is 3.26. The van der Waals surface area contributed by atoms with Gasteiger partial charge in [-0.25, -0.2) is 0 Å². The highest BCUT2D eigenvalue weighted by molar-refractivity contribution is 5.22. The van der Waals surface area contributed by atoms with Crippen LogP contribution >= 0.6 is 0 Å². The highest BCUT2D eigenvalue weighted by atomic mass is 15.1. The minimum atomic E-state index is 0. The van der Waals surface area contributed by atoms with Crippen LogP contribution in [-0.4, -0.2) is 31.6 Å². The summed E-state index contributed by atoms with van der Waals surface area (Å²) in [6.07, 6.45) is 5.22. The van der Waals surface area contributed by atoms with Gasteiger partial charge in [0, 0.05) is 7.97 Å². The number of hydrogen-bond donors (Lipinski definition) is 1. The normalized spacial score (nSPS) is 16.1. The van der Waals surface area contributed by atoms with Crippen LogP contribution in [0.1, 0.15) is 53.6 Å².